The van der Waals surface area contributed by atoms with E-state index in [1.54, 1.807) is 0 Å². The van der Waals surface area contributed by atoms with Crippen LogP contribution in [0.2, 0.25) is 0 Å². The number of nitrogens with zero attached hydrogens (tertiary/aromatic N) is 1. The third kappa shape index (κ3) is 2.85. The van der Waals surface area contributed by atoms with Crippen molar-refractivity contribution in [2.45, 2.75) is 19.9 Å². The van der Waals surface area contributed by atoms with Gasteiger partial charge in [0.25, 0.3) is 0 Å². The van der Waals surface area contributed by atoms with Crippen molar-refractivity contribution in [3.8, 4) is 17.0 Å². The van der Waals surface area contributed by atoms with E-state index in [4.69, 9.17) is 15.0 Å². The third-order valence-corrected chi connectivity index (χ3v) is 2.36. The highest BCUT2D eigenvalue weighted by molar-refractivity contribution is 5.60. The fourth-order valence-electron chi connectivity index (χ4n) is 1.51. The van der Waals surface area contributed by atoms with Gasteiger partial charge in [-0.15, -0.1) is 0 Å². The van der Waals surface area contributed by atoms with Gasteiger partial charge in [0.15, 0.2) is 5.76 Å². The number of hydrogen-bond acceptors (Lipinski definition) is 4. The minimum Gasteiger partial charge on any atom is -0.494 e. The summed E-state index contributed by atoms with van der Waals surface area (Å²) in [6.07, 6.45) is 0.992. The van der Waals surface area contributed by atoms with E-state index in [9.17, 15) is 0 Å². The fraction of sp³-hybridized carbons (Fsp3) is 0.308. The van der Waals surface area contributed by atoms with Crippen LogP contribution < -0.4 is 10.5 Å². The van der Waals surface area contributed by atoms with Gasteiger partial charge in [-0.2, -0.15) is 0 Å². The molecule has 2 rings (SSSR count). The Morgan fingerprint density at radius 2 is 2.24 bits per heavy atom. The standard InChI is InChI=1S/C13H16N2O2/c1-2-6-16-11-5-3-4-10(7-11)13-8-12(9-14)17-15-13/h3-5,7-8H,2,6,9,14H2,1H3. The number of nitrogens with two attached hydrogens (primary N) is 1. The number of benzene rings is 1. The summed E-state index contributed by atoms with van der Waals surface area (Å²) in [5.74, 6) is 1.53. The Balaban J connectivity index is 2.20. The van der Waals surface area contributed by atoms with Crippen LogP contribution in [0.5, 0.6) is 5.75 Å². The van der Waals surface area contributed by atoms with Crippen molar-refractivity contribution < 1.29 is 9.26 Å². The number of rotatable bonds is 5. The Morgan fingerprint density at radius 1 is 1.35 bits per heavy atom. The Bertz CT molecular complexity index is 480. The lowest BCUT2D eigenvalue weighted by molar-refractivity contribution is 0.317. The lowest BCUT2D eigenvalue weighted by Crippen LogP contribution is -1.94. The molecule has 0 unspecified atom stereocenters. The van der Waals surface area contributed by atoms with Gasteiger partial charge in [0, 0.05) is 11.6 Å². The Kier molecular flexibility index (Phi) is 3.77. The molecule has 0 aliphatic carbocycles. The minimum absolute atomic E-state index is 0.360. The molecule has 0 amide bonds. The van der Waals surface area contributed by atoms with Crippen molar-refractivity contribution >= 4 is 0 Å². The van der Waals surface area contributed by atoms with Crippen molar-refractivity contribution in [3.63, 3.8) is 0 Å². The molecule has 1 aromatic heterocycles. The topological polar surface area (TPSA) is 61.3 Å². The second-order valence-electron chi connectivity index (χ2n) is 3.76. The first-order valence-electron chi connectivity index (χ1n) is 5.72. The van der Waals surface area contributed by atoms with E-state index in [1.165, 1.54) is 0 Å². The molecule has 4 heteroatoms. The van der Waals surface area contributed by atoms with Gasteiger partial charge in [0.05, 0.1) is 13.2 Å². The van der Waals surface area contributed by atoms with Gasteiger partial charge in [-0.3, -0.25) is 0 Å². The Morgan fingerprint density at radius 3 is 2.94 bits per heavy atom. The Hall–Kier alpha value is -1.81. The predicted octanol–water partition coefficient (Wildman–Crippen LogP) is 2.59. The summed E-state index contributed by atoms with van der Waals surface area (Å²) in [4.78, 5) is 0. The second kappa shape index (κ2) is 5.50. The van der Waals surface area contributed by atoms with Crippen LogP contribution in [0.15, 0.2) is 34.9 Å². The molecule has 0 atom stereocenters. The molecule has 1 aromatic carbocycles. The molecule has 2 N–H and O–H groups in total. The van der Waals surface area contributed by atoms with Crippen LogP contribution in [0.1, 0.15) is 19.1 Å². The molecular formula is C13H16N2O2. The highest BCUT2D eigenvalue weighted by Crippen LogP contribution is 2.23. The van der Waals surface area contributed by atoms with Crippen LogP contribution in [-0.2, 0) is 6.54 Å². The maximum Gasteiger partial charge on any atom is 0.150 e. The molecule has 0 spiro atoms. The van der Waals surface area contributed by atoms with Gasteiger partial charge < -0.3 is 15.0 Å². The van der Waals surface area contributed by atoms with Gasteiger partial charge in [0.1, 0.15) is 11.4 Å². The van der Waals surface area contributed by atoms with Crippen LogP contribution in [0.25, 0.3) is 11.3 Å². The van der Waals surface area contributed by atoms with Crippen molar-refractivity contribution in [2.24, 2.45) is 5.73 Å². The molecule has 1 heterocycles. The molecule has 90 valence electrons. The Labute approximate surface area is 100 Å². The normalized spacial score (nSPS) is 10.5. The first kappa shape index (κ1) is 11.7. The first-order chi connectivity index (χ1) is 8.33. The molecule has 0 saturated carbocycles. The summed E-state index contributed by atoms with van der Waals surface area (Å²) < 4.78 is 10.6. The molecule has 4 nitrogen and oxygen atoms in total. The molecule has 0 fully saturated rings. The summed E-state index contributed by atoms with van der Waals surface area (Å²) >= 11 is 0. The average Bonchev–Trinajstić information content (AvgIpc) is 2.85. The van der Waals surface area contributed by atoms with Crippen molar-refractivity contribution in [3.05, 3.63) is 36.1 Å². The SMILES string of the molecule is CCCOc1cccc(-c2cc(CN)on2)c1. The second-order valence-corrected chi connectivity index (χ2v) is 3.76. The van der Waals surface area contributed by atoms with Gasteiger partial charge in [0.2, 0.25) is 0 Å². The van der Waals surface area contributed by atoms with Crippen LogP contribution in [0.3, 0.4) is 0 Å². The van der Waals surface area contributed by atoms with E-state index in [2.05, 4.69) is 12.1 Å². The lowest BCUT2D eigenvalue weighted by Gasteiger charge is -2.05. The van der Waals surface area contributed by atoms with E-state index >= 15 is 0 Å². The summed E-state index contributed by atoms with van der Waals surface area (Å²) in [6, 6.07) is 9.64. The maximum atomic E-state index is 5.57. The highest BCUT2D eigenvalue weighted by atomic mass is 16.5. The number of aromatic nitrogens is 1. The monoisotopic (exact) mass is 232 g/mol. The summed E-state index contributed by atoms with van der Waals surface area (Å²) in [6.45, 7) is 3.16. The predicted molar refractivity (Wildman–Crippen MR) is 65.6 cm³/mol. The minimum atomic E-state index is 0.360. The quantitative estimate of drug-likeness (QED) is 0.860. The van der Waals surface area contributed by atoms with E-state index in [0.29, 0.717) is 12.3 Å². The molecule has 2 aromatic rings. The van der Waals surface area contributed by atoms with E-state index < -0.39 is 0 Å². The summed E-state index contributed by atoms with van der Waals surface area (Å²) in [7, 11) is 0. The molecule has 0 aliphatic heterocycles. The number of hydrogen-bond donors (Lipinski definition) is 1. The zero-order valence-corrected chi connectivity index (χ0v) is 9.85. The summed E-state index contributed by atoms with van der Waals surface area (Å²) in [5, 5.41) is 3.97. The van der Waals surface area contributed by atoms with Gasteiger partial charge >= 0.3 is 0 Å². The molecule has 0 radical (unpaired) electrons. The average molecular weight is 232 g/mol. The smallest absolute Gasteiger partial charge is 0.150 e. The molecular weight excluding hydrogens is 216 g/mol. The van der Waals surface area contributed by atoms with Crippen LogP contribution in [-0.4, -0.2) is 11.8 Å². The fourth-order valence-corrected chi connectivity index (χ4v) is 1.51. The molecule has 0 saturated heterocycles. The lowest BCUT2D eigenvalue weighted by atomic mass is 10.1. The third-order valence-electron chi connectivity index (χ3n) is 2.36. The zero-order chi connectivity index (χ0) is 12.1. The largest absolute Gasteiger partial charge is 0.494 e. The number of ether oxygens (including phenoxy) is 1. The van der Waals surface area contributed by atoms with E-state index in [0.717, 1.165) is 30.0 Å². The zero-order valence-electron chi connectivity index (χ0n) is 9.85. The molecule has 0 bridgehead atoms. The van der Waals surface area contributed by atoms with Crippen LogP contribution >= 0.6 is 0 Å². The highest BCUT2D eigenvalue weighted by Gasteiger charge is 2.06. The van der Waals surface area contributed by atoms with Crippen LogP contribution in [0.4, 0.5) is 0 Å². The molecule has 0 aliphatic rings. The van der Waals surface area contributed by atoms with Crippen molar-refractivity contribution in [1.29, 1.82) is 0 Å². The molecule has 17 heavy (non-hydrogen) atoms. The van der Waals surface area contributed by atoms with Gasteiger partial charge in [-0.25, -0.2) is 0 Å². The van der Waals surface area contributed by atoms with Gasteiger partial charge in [-0.05, 0) is 18.6 Å². The van der Waals surface area contributed by atoms with Gasteiger partial charge in [-0.1, -0.05) is 24.2 Å². The first-order valence-corrected chi connectivity index (χ1v) is 5.72. The van der Waals surface area contributed by atoms with Crippen LogP contribution in [0, 0.1) is 0 Å². The van der Waals surface area contributed by atoms with E-state index in [1.807, 2.05) is 30.3 Å². The van der Waals surface area contributed by atoms with E-state index in [-0.39, 0.29) is 0 Å². The maximum absolute atomic E-state index is 5.57. The van der Waals surface area contributed by atoms with Crippen molar-refractivity contribution in [2.75, 3.05) is 6.61 Å². The van der Waals surface area contributed by atoms with Crippen molar-refractivity contribution in [1.82, 2.24) is 5.16 Å². The summed E-state index contributed by atoms with van der Waals surface area (Å²) in [5.41, 5.74) is 7.24.